The van der Waals surface area contributed by atoms with E-state index in [1.807, 2.05) is 29.5 Å². The average molecular weight is 258 g/mol. The van der Waals surface area contributed by atoms with Crippen LogP contribution in [0.3, 0.4) is 0 Å². The fourth-order valence-electron chi connectivity index (χ4n) is 2.06. The molecule has 1 atom stereocenters. The molecule has 2 heterocycles. The first-order chi connectivity index (χ1) is 8.74. The van der Waals surface area contributed by atoms with E-state index in [1.165, 1.54) is 4.70 Å². The van der Waals surface area contributed by atoms with Crippen LogP contribution in [0.15, 0.2) is 36.1 Å². The number of rotatable bonds is 3. The first kappa shape index (κ1) is 11.2. The standard InChI is InChI=1S/C13H14N4S/c1-9(13-14-5-6-17(13)2)16-10-3-4-12-11(7-10)15-8-18-12/h3-9,16H,1-2H3/t9-/m1/s1. The fraction of sp³-hybridized carbons (Fsp3) is 0.231. The number of anilines is 1. The molecule has 1 aromatic carbocycles. The second-order valence-corrected chi connectivity index (χ2v) is 5.18. The smallest absolute Gasteiger partial charge is 0.130 e. The summed E-state index contributed by atoms with van der Waals surface area (Å²) in [6.07, 6.45) is 3.77. The number of aromatic nitrogens is 3. The van der Waals surface area contributed by atoms with Crippen LogP contribution in [0.4, 0.5) is 5.69 Å². The lowest BCUT2D eigenvalue weighted by atomic mass is 10.2. The highest BCUT2D eigenvalue weighted by molar-refractivity contribution is 7.16. The highest BCUT2D eigenvalue weighted by atomic mass is 32.1. The van der Waals surface area contributed by atoms with Gasteiger partial charge in [0.25, 0.3) is 0 Å². The number of nitrogens with one attached hydrogen (secondary N) is 1. The van der Waals surface area contributed by atoms with Gasteiger partial charge in [0.2, 0.25) is 0 Å². The Kier molecular flexibility index (Phi) is 2.76. The summed E-state index contributed by atoms with van der Waals surface area (Å²) in [6.45, 7) is 2.10. The van der Waals surface area contributed by atoms with Gasteiger partial charge in [-0.15, -0.1) is 11.3 Å². The van der Waals surface area contributed by atoms with Crippen molar-refractivity contribution in [3.05, 3.63) is 41.9 Å². The van der Waals surface area contributed by atoms with Gasteiger partial charge in [-0.3, -0.25) is 0 Å². The Labute approximate surface area is 109 Å². The Hall–Kier alpha value is -1.88. The van der Waals surface area contributed by atoms with Crippen molar-refractivity contribution in [3.63, 3.8) is 0 Å². The number of fused-ring (bicyclic) bond motifs is 1. The minimum Gasteiger partial charge on any atom is -0.375 e. The third-order valence-electron chi connectivity index (χ3n) is 2.96. The Morgan fingerprint density at radius 2 is 2.22 bits per heavy atom. The number of nitrogens with zero attached hydrogens (tertiary/aromatic N) is 3. The van der Waals surface area contributed by atoms with Gasteiger partial charge < -0.3 is 9.88 Å². The highest BCUT2D eigenvalue weighted by Crippen LogP contribution is 2.24. The molecule has 0 saturated heterocycles. The number of hydrogen-bond donors (Lipinski definition) is 1. The zero-order valence-corrected chi connectivity index (χ0v) is 11.1. The Bertz CT molecular complexity index is 670. The van der Waals surface area contributed by atoms with Crippen molar-refractivity contribution in [1.29, 1.82) is 0 Å². The second kappa shape index (κ2) is 4.42. The van der Waals surface area contributed by atoms with Crippen LogP contribution >= 0.6 is 11.3 Å². The molecule has 4 nitrogen and oxygen atoms in total. The van der Waals surface area contributed by atoms with Gasteiger partial charge >= 0.3 is 0 Å². The van der Waals surface area contributed by atoms with E-state index < -0.39 is 0 Å². The molecule has 3 rings (SSSR count). The molecule has 0 unspecified atom stereocenters. The Balaban J connectivity index is 1.85. The number of hydrogen-bond acceptors (Lipinski definition) is 4. The van der Waals surface area contributed by atoms with Crippen LogP contribution < -0.4 is 5.32 Å². The van der Waals surface area contributed by atoms with Crippen molar-refractivity contribution in [2.75, 3.05) is 5.32 Å². The summed E-state index contributed by atoms with van der Waals surface area (Å²) in [6, 6.07) is 6.42. The van der Waals surface area contributed by atoms with Gasteiger partial charge in [0.05, 0.1) is 21.8 Å². The third-order valence-corrected chi connectivity index (χ3v) is 3.77. The fourth-order valence-corrected chi connectivity index (χ4v) is 2.72. The first-order valence-electron chi connectivity index (χ1n) is 5.81. The van der Waals surface area contributed by atoms with Crippen molar-refractivity contribution >= 4 is 27.2 Å². The Morgan fingerprint density at radius 1 is 1.33 bits per heavy atom. The van der Waals surface area contributed by atoms with Crippen LogP contribution in [0.5, 0.6) is 0 Å². The third kappa shape index (κ3) is 1.97. The molecule has 0 aliphatic carbocycles. The number of thiazole rings is 1. The summed E-state index contributed by atoms with van der Waals surface area (Å²) in [7, 11) is 2.00. The minimum atomic E-state index is 0.168. The quantitative estimate of drug-likeness (QED) is 0.784. The van der Waals surface area contributed by atoms with Crippen LogP contribution in [0.25, 0.3) is 10.2 Å². The molecule has 1 N–H and O–H groups in total. The molecule has 0 saturated carbocycles. The van der Waals surface area contributed by atoms with Crippen LogP contribution in [0, 0.1) is 0 Å². The van der Waals surface area contributed by atoms with Crippen LogP contribution in [0.1, 0.15) is 18.8 Å². The zero-order chi connectivity index (χ0) is 12.5. The molecule has 18 heavy (non-hydrogen) atoms. The molecule has 92 valence electrons. The van der Waals surface area contributed by atoms with Crippen molar-refractivity contribution in [1.82, 2.24) is 14.5 Å². The molecule has 0 bridgehead atoms. The maximum atomic E-state index is 4.35. The number of imidazole rings is 1. The van der Waals surface area contributed by atoms with Crippen molar-refractivity contribution in [2.24, 2.45) is 7.05 Å². The predicted octanol–water partition coefficient (Wildman–Crippen LogP) is 3.20. The summed E-state index contributed by atoms with van der Waals surface area (Å²) in [5.41, 5.74) is 3.98. The molecular weight excluding hydrogens is 244 g/mol. The van der Waals surface area contributed by atoms with Gasteiger partial charge in [-0.2, -0.15) is 0 Å². The van der Waals surface area contributed by atoms with E-state index in [1.54, 1.807) is 11.3 Å². The van der Waals surface area contributed by atoms with E-state index in [4.69, 9.17) is 0 Å². The number of benzene rings is 1. The van der Waals surface area contributed by atoms with E-state index in [9.17, 15) is 0 Å². The molecule has 0 aliphatic heterocycles. The largest absolute Gasteiger partial charge is 0.375 e. The van der Waals surface area contributed by atoms with Crippen LogP contribution in [-0.2, 0) is 7.05 Å². The zero-order valence-electron chi connectivity index (χ0n) is 10.3. The normalized spacial score (nSPS) is 12.8. The van der Waals surface area contributed by atoms with E-state index in [0.29, 0.717) is 0 Å². The van der Waals surface area contributed by atoms with Crippen LogP contribution in [-0.4, -0.2) is 14.5 Å². The van der Waals surface area contributed by atoms with Gasteiger partial charge in [0.15, 0.2) is 0 Å². The molecule has 0 fully saturated rings. The average Bonchev–Trinajstić information content (AvgIpc) is 2.96. The van der Waals surface area contributed by atoms with Gasteiger partial charge in [-0.05, 0) is 25.1 Å². The van der Waals surface area contributed by atoms with Crippen molar-refractivity contribution < 1.29 is 0 Å². The minimum absolute atomic E-state index is 0.168. The topological polar surface area (TPSA) is 42.7 Å². The van der Waals surface area contributed by atoms with E-state index in [-0.39, 0.29) is 6.04 Å². The van der Waals surface area contributed by atoms with Gasteiger partial charge in [-0.1, -0.05) is 0 Å². The summed E-state index contributed by atoms with van der Waals surface area (Å²) in [5, 5.41) is 3.45. The van der Waals surface area contributed by atoms with E-state index >= 15 is 0 Å². The SMILES string of the molecule is C[C@@H](Nc1ccc2scnc2c1)c1nccn1C. The van der Waals surface area contributed by atoms with Crippen molar-refractivity contribution in [3.8, 4) is 0 Å². The molecule has 0 spiro atoms. The molecule has 3 aromatic rings. The van der Waals surface area contributed by atoms with Gasteiger partial charge in [0, 0.05) is 25.1 Å². The van der Waals surface area contributed by atoms with Gasteiger partial charge in [0.1, 0.15) is 5.82 Å². The lowest BCUT2D eigenvalue weighted by Gasteiger charge is -2.15. The van der Waals surface area contributed by atoms with Gasteiger partial charge in [-0.25, -0.2) is 9.97 Å². The lowest BCUT2D eigenvalue weighted by molar-refractivity contribution is 0.722. The summed E-state index contributed by atoms with van der Waals surface area (Å²) >= 11 is 1.66. The first-order valence-corrected chi connectivity index (χ1v) is 6.69. The molecular formula is C13H14N4S. The summed E-state index contributed by atoms with van der Waals surface area (Å²) < 4.78 is 3.24. The molecule has 0 amide bonds. The molecule has 0 aliphatic rings. The summed E-state index contributed by atoms with van der Waals surface area (Å²) in [5.74, 6) is 1.02. The highest BCUT2D eigenvalue weighted by Gasteiger charge is 2.10. The molecule has 5 heteroatoms. The van der Waals surface area contributed by atoms with Crippen LogP contribution in [0.2, 0.25) is 0 Å². The number of aryl methyl sites for hydroxylation is 1. The van der Waals surface area contributed by atoms with E-state index in [0.717, 1.165) is 17.0 Å². The van der Waals surface area contributed by atoms with E-state index in [2.05, 4.69) is 40.4 Å². The van der Waals surface area contributed by atoms with Crippen molar-refractivity contribution in [2.45, 2.75) is 13.0 Å². The lowest BCUT2D eigenvalue weighted by Crippen LogP contribution is -2.11. The second-order valence-electron chi connectivity index (χ2n) is 4.30. The monoisotopic (exact) mass is 258 g/mol. The molecule has 2 aromatic heterocycles. The summed E-state index contributed by atoms with van der Waals surface area (Å²) in [4.78, 5) is 8.68. The maximum absolute atomic E-state index is 4.35. The predicted molar refractivity (Wildman–Crippen MR) is 74.9 cm³/mol. The maximum Gasteiger partial charge on any atom is 0.130 e. The Morgan fingerprint density at radius 3 is 3.00 bits per heavy atom. The molecule has 0 radical (unpaired) electrons.